The van der Waals surface area contributed by atoms with E-state index < -0.39 is 0 Å². The molecule has 2 rings (SSSR count). The zero-order chi connectivity index (χ0) is 15.2. The maximum Gasteiger partial charge on any atom is 0.0643 e. The quantitative estimate of drug-likeness (QED) is 0.779. The summed E-state index contributed by atoms with van der Waals surface area (Å²) >= 11 is 1.75. The summed E-state index contributed by atoms with van der Waals surface area (Å²) in [5.74, 6) is 0. The van der Waals surface area contributed by atoms with Gasteiger partial charge in [0.1, 0.15) is 0 Å². The standard InChI is InChI=1S/C17H25N3S/c1-4-15(5-2)20-11-10-14(19-20)12-17(18)13-6-8-16(21-3)9-7-13/h6-11,15,17H,4-5,12,18H2,1-3H3. The van der Waals surface area contributed by atoms with Crippen LogP contribution in [0.2, 0.25) is 0 Å². The third-order valence-corrected chi connectivity index (χ3v) is 4.70. The van der Waals surface area contributed by atoms with Crippen LogP contribution in [0.25, 0.3) is 0 Å². The molecule has 0 bridgehead atoms. The topological polar surface area (TPSA) is 43.8 Å². The molecule has 0 spiro atoms. The van der Waals surface area contributed by atoms with E-state index in [0.717, 1.165) is 25.0 Å². The predicted octanol–water partition coefficient (Wildman–Crippen LogP) is 4.21. The van der Waals surface area contributed by atoms with E-state index in [4.69, 9.17) is 5.73 Å². The van der Waals surface area contributed by atoms with Crippen LogP contribution in [0.5, 0.6) is 0 Å². The second kappa shape index (κ2) is 7.66. The normalized spacial score (nSPS) is 12.8. The van der Waals surface area contributed by atoms with E-state index in [1.54, 1.807) is 11.8 Å². The van der Waals surface area contributed by atoms with Gasteiger partial charge in [-0.05, 0) is 42.9 Å². The molecule has 21 heavy (non-hydrogen) atoms. The zero-order valence-electron chi connectivity index (χ0n) is 13.1. The highest BCUT2D eigenvalue weighted by Gasteiger charge is 2.12. The van der Waals surface area contributed by atoms with Crippen LogP contribution in [0.3, 0.4) is 0 Å². The van der Waals surface area contributed by atoms with Crippen molar-refractivity contribution in [1.29, 1.82) is 0 Å². The van der Waals surface area contributed by atoms with E-state index in [2.05, 4.69) is 66.4 Å². The second-order valence-corrected chi connectivity index (χ2v) is 6.22. The van der Waals surface area contributed by atoms with Crippen LogP contribution < -0.4 is 5.73 Å². The Kier molecular flexibility index (Phi) is 5.88. The van der Waals surface area contributed by atoms with Crippen molar-refractivity contribution in [3.8, 4) is 0 Å². The van der Waals surface area contributed by atoms with Crippen molar-refractivity contribution in [2.45, 2.75) is 50.1 Å². The minimum Gasteiger partial charge on any atom is -0.324 e. The average molecular weight is 303 g/mol. The Labute approximate surface area is 131 Å². The Bertz CT molecular complexity index is 543. The molecule has 1 aromatic heterocycles. The van der Waals surface area contributed by atoms with Gasteiger partial charge in [-0.2, -0.15) is 5.10 Å². The molecule has 0 aliphatic heterocycles. The van der Waals surface area contributed by atoms with Gasteiger partial charge in [0.2, 0.25) is 0 Å². The van der Waals surface area contributed by atoms with E-state index in [0.29, 0.717) is 6.04 Å². The van der Waals surface area contributed by atoms with Crippen molar-refractivity contribution < 1.29 is 0 Å². The fraction of sp³-hybridized carbons (Fsp3) is 0.471. The fourth-order valence-corrected chi connectivity index (χ4v) is 2.95. The average Bonchev–Trinajstić information content (AvgIpc) is 2.97. The number of nitrogens with two attached hydrogens (primary N) is 1. The first-order valence-electron chi connectivity index (χ1n) is 7.61. The number of nitrogens with zero attached hydrogens (tertiary/aromatic N) is 2. The summed E-state index contributed by atoms with van der Waals surface area (Å²) in [6, 6.07) is 11.1. The second-order valence-electron chi connectivity index (χ2n) is 5.34. The first-order chi connectivity index (χ1) is 10.2. The van der Waals surface area contributed by atoms with E-state index in [9.17, 15) is 0 Å². The summed E-state index contributed by atoms with van der Waals surface area (Å²) in [5, 5.41) is 4.68. The molecule has 0 fully saturated rings. The third-order valence-electron chi connectivity index (χ3n) is 3.95. The van der Waals surface area contributed by atoms with Crippen LogP contribution >= 0.6 is 11.8 Å². The molecule has 1 heterocycles. The summed E-state index contributed by atoms with van der Waals surface area (Å²) in [6.45, 7) is 4.41. The van der Waals surface area contributed by atoms with Gasteiger partial charge in [0, 0.05) is 23.6 Å². The molecule has 114 valence electrons. The zero-order valence-corrected chi connectivity index (χ0v) is 13.9. The monoisotopic (exact) mass is 303 g/mol. The lowest BCUT2D eigenvalue weighted by atomic mass is 10.0. The smallest absolute Gasteiger partial charge is 0.0643 e. The predicted molar refractivity (Wildman–Crippen MR) is 90.7 cm³/mol. The first-order valence-corrected chi connectivity index (χ1v) is 8.84. The number of hydrogen-bond acceptors (Lipinski definition) is 3. The number of rotatable bonds is 7. The maximum atomic E-state index is 6.31. The van der Waals surface area contributed by atoms with Gasteiger partial charge in [-0.3, -0.25) is 4.68 Å². The molecular formula is C17H25N3S. The molecule has 4 heteroatoms. The first kappa shape index (κ1) is 16.1. The largest absolute Gasteiger partial charge is 0.324 e. The van der Waals surface area contributed by atoms with Crippen molar-refractivity contribution >= 4 is 11.8 Å². The summed E-state index contributed by atoms with van der Waals surface area (Å²) in [4.78, 5) is 1.27. The highest BCUT2D eigenvalue weighted by molar-refractivity contribution is 7.98. The van der Waals surface area contributed by atoms with Crippen molar-refractivity contribution in [2.75, 3.05) is 6.26 Å². The molecule has 0 saturated heterocycles. The van der Waals surface area contributed by atoms with Crippen molar-refractivity contribution in [2.24, 2.45) is 5.73 Å². The molecule has 1 unspecified atom stereocenters. The number of thioether (sulfide) groups is 1. The Morgan fingerprint density at radius 1 is 1.14 bits per heavy atom. The summed E-state index contributed by atoms with van der Waals surface area (Å²) < 4.78 is 2.08. The fourth-order valence-electron chi connectivity index (χ4n) is 2.55. The van der Waals surface area contributed by atoms with Gasteiger partial charge in [-0.25, -0.2) is 0 Å². The van der Waals surface area contributed by atoms with Gasteiger partial charge < -0.3 is 5.73 Å². The van der Waals surface area contributed by atoms with Gasteiger partial charge in [-0.1, -0.05) is 26.0 Å². The van der Waals surface area contributed by atoms with Gasteiger partial charge in [0.05, 0.1) is 11.7 Å². The Morgan fingerprint density at radius 2 is 1.81 bits per heavy atom. The lowest BCUT2D eigenvalue weighted by Crippen LogP contribution is -2.14. The lowest BCUT2D eigenvalue weighted by molar-refractivity contribution is 0.424. The van der Waals surface area contributed by atoms with Crippen LogP contribution in [-0.4, -0.2) is 16.0 Å². The van der Waals surface area contributed by atoms with Crippen LogP contribution in [0, 0.1) is 0 Å². The van der Waals surface area contributed by atoms with Crippen molar-refractivity contribution in [3.63, 3.8) is 0 Å². The lowest BCUT2D eigenvalue weighted by Gasteiger charge is -2.13. The third kappa shape index (κ3) is 4.11. The Morgan fingerprint density at radius 3 is 2.38 bits per heavy atom. The number of benzene rings is 1. The minimum absolute atomic E-state index is 0.00552. The van der Waals surface area contributed by atoms with E-state index in [-0.39, 0.29) is 6.04 Å². The molecule has 1 aromatic carbocycles. The van der Waals surface area contributed by atoms with E-state index in [1.807, 2.05) is 0 Å². The molecule has 2 N–H and O–H groups in total. The molecule has 3 nitrogen and oxygen atoms in total. The molecule has 0 saturated carbocycles. The number of hydrogen-bond donors (Lipinski definition) is 1. The summed E-state index contributed by atoms with van der Waals surface area (Å²) in [5.41, 5.74) is 8.56. The Balaban J connectivity index is 2.03. The van der Waals surface area contributed by atoms with E-state index >= 15 is 0 Å². The van der Waals surface area contributed by atoms with Crippen molar-refractivity contribution in [1.82, 2.24) is 9.78 Å². The van der Waals surface area contributed by atoms with Crippen LogP contribution in [0.1, 0.15) is 50.0 Å². The van der Waals surface area contributed by atoms with Gasteiger partial charge in [0.25, 0.3) is 0 Å². The van der Waals surface area contributed by atoms with Gasteiger partial charge >= 0.3 is 0 Å². The summed E-state index contributed by atoms with van der Waals surface area (Å²) in [6.07, 6.45) is 7.17. The highest BCUT2D eigenvalue weighted by atomic mass is 32.2. The van der Waals surface area contributed by atoms with Crippen LogP contribution in [-0.2, 0) is 6.42 Å². The molecule has 1 atom stereocenters. The Hall–Kier alpha value is -1.26. The molecule has 2 aromatic rings. The van der Waals surface area contributed by atoms with Gasteiger partial charge in [0.15, 0.2) is 0 Å². The van der Waals surface area contributed by atoms with Crippen LogP contribution in [0.15, 0.2) is 41.4 Å². The molecule has 0 aliphatic carbocycles. The maximum absolute atomic E-state index is 6.31. The van der Waals surface area contributed by atoms with Gasteiger partial charge in [-0.15, -0.1) is 11.8 Å². The molecule has 0 amide bonds. The van der Waals surface area contributed by atoms with Crippen molar-refractivity contribution in [3.05, 3.63) is 47.8 Å². The molecular weight excluding hydrogens is 278 g/mol. The van der Waals surface area contributed by atoms with Crippen LogP contribution in [0.4, 0.5) is 0 Å². The van der Waals surface area contributed by atoms with E-state index in [1.165, 1.54) is 10.5 Å². The summed E-state index contributed by atoms with van der Waals surface area (Å²) in [7, 11) is 0. The minimum atomic E-state index is 0.00552. The highest BCUT2D eigenvalue weighted by Crippen LogP contribution is 2.21. The SMILES string of the molecule is CCC(CC)n1ccc(CC(N)c2ccc(SC)cc2)n1. The molecule has 0 radical (unpaired) electrons. The molecule has 0 aliphatic rings. The number of aromatic nitrogens is 2.